The third-order valence-electron chi connectivity index (χ3n) is 6.42. The van der Waals surface area contributed by atoms with Gasteiger partial charge in [0.25, 0.3) is 0 Å². The van der Waals surface area contributed by atoms with Crippen LogP contribution in [0.2, 0.25) is 5.28 Å². The Morgan fingerprint density at radius 2 is 2.06 bits per heavy atom. The Morgan fingerprint density at radius 1 is 1.26 bits per heavy atom. The molecule has 11 heteroatoms. The Hall–Kier alpha value is -3.21. The lowest BCUT2D eigenvalue weighted by Gasteiger charge is -2.32. The molecular weight excluding hydrogens is 456 g/mol. The van der Waals surface area contributed by atoms with Crippen molar-refractivity contribution in [2.75, 3.05) is 32.0 Å². The number of fused-ring (bicyclic) bond motifs is 2. The second kappa shape index (κ2) is 9.21. The van der Waals surface area contributed by atoms with Gasteiger partial charge >= 0.3 is 5.69 Å². The Bertz CT molecular complexity index is 1410. The van der Waals surface area contributed by atoms with Crippen LogP contribution in [0.5, 0.6) is 5.75 Å². The number of hydrazine groups is 1. The highest BCUT2D eigenvalue weighted by Gasteiger charge is 2.25. The fourth-order valence-corrected chi connectivity index (χ4v) is 4.63. The van der Waals surface area contributed by atoms with Gasteiger partial charge < -0.3 is 10.5 Å². The Morgan fingerprint density at radius 3 is 2.85 bits per heavy atom. The van der Waals surface area contributed by atoms with Gasteiger partial charge in [0.15, 0.2) is 5.65 Å². The number of nitrogens with one attached hydrogen (secondary N) is 1. The van der Waals surface area contributed by atoms with Gasteiger partial charge in [0.2, 0.25) is 5.28 Å². The summed E-state index contributed by atoms with van der Waals surface area (Å²) >= 11 is 5.99. The summed E-state index contributed by atoms with van der Waals surface area (Å²) in [6.07, 6.45) is 4.99. The predicted octanol–water partition coefficient (Wildman–Crippen LogP) is 2.44. The molecule has 0 amide bonds. The summed E-state index contributed by atoms with van der Waals surface area (Å²) in [5.41, 5.74) is 13.3. The van der Waals surface area contributed by atoms with E-state index in [2.05, 4.69) is 25.4 Å². The number of hydrogen-bond donors (Lipinski definition) is 2. The summed E-state index contributed by atoms with van der Waals surface area (Å²) in [4.78, 5) is 25.5. The molecule has 1 fully saturated rings. The van der Waals surface area contributed by atoms with Crippen LogP contribution in [0.1, 0.15) is 24.4 Å². The highest BCUT2D eigenvalue weighted by atomic mass is 35.5. The zero-order valence-corrected chi connectivity index (χ0v) is 19.9. The van der Waals surface area contributed by atoms with E-state index < -0.39 is 0 Å². The monoisotopic (exact) mass is 482 g/mol. The van der Waals surface area contributed by atoms with E-state index in [4.69, 9.17) is 22.1 Å². The molecule has 0 spiro atoms. The maximum atomic E-state index is 12.8. The number of nitrogens with two attached hydrogens (primary N) is 1. The summed E-state index contributed by atoms with van der Waals surface area (Å²) < 4.78 is 9.34. The van der Waals surface area contributed by atoms with Crippen molar-refractivity contribution in [1.29, 1.82) is 0 Å². The molecule has 0 unspecified atom stereocenters. The lowest BCUT2D eigenvalue weighted by molar-refractivity contribution is 0.117. The first-order chi connectivity index (χ1) is 16.4. The molecule has 0 radical (unpaired) electrons. The number of imidazole rings is 1. The molecule has 3 N–H and O–H groups in total. The second-order valence-corrected chi connectivity index (χ2v) is 8.91. The van der Waals surface area contributed by atoms with Crippen molar-refractivity contribution in [3.8, 4) is 5.75 Å². The maximum absolute atomic E-state index is 12.8. The van der Waals surface area contributed by atoms with Crippen molar-refractivity contribution in [2.45, 2.75) is 25.8 Å². The second-order valence-electron chi connectivity index (χ2n) is 8.57. The van der Waals surface area contributed by atoms with Gasteiger partial charge in [-0.05, 0) is 55.1 Å². The molecule has 0 saturated carbocycles. The number of piperidine rings is 1. The summed E-state index contributed by atoms with van der Waals surface area (Å²) in [7, 11) is 1.73. The molecule has 4 aromatic rings. The van der Waals surface area contributed by atoms with Gasteiger partial charge in [-0.15, -0.1) is 0 Å². The van der Waals surface area contributed by atoms with Gasteiger partial charge in [0.05, 0.1) is 11.7 Å². The van der Waals surface area contributed by atoms with Crippen LogP contribution in [-0.4, -0.2) is 55.3 Å². The van der Waals surface area contributed by atoms with Gasteiger partial charge in [-0.3, -0.25) is 19.5 Å². The van der Waals surface area contributed by atoms with Crippen LogP contribution < -0.4 is 21.6 Å². The van der Waals surface area contributed by atoms with Crippen LogP contribution in [-0.2, 0) is 7.05 Å². The summed E-state index contributed by atoms with van der Waals surface area (Å²) in [5, 5.41) is 3.23. The van der Waals surface area contributed by atoms with Crippen molar-refractivity contribution >= 4 is 39.4 Å². The molecule has 1 aliphatic heterocycles. The van der Waals surface area contributed by atoms with Crippen LogP contribution in [0.25, 0.3) is 22.1 Å². The van der Waals surface area contributed by atoms with Crippen LogP contribution >= 0.6 is 11.6 Å². The van der Waals surface area contributed by atoms with Gasteiger partial charge in [-0.2, -0.15) is 4.98 Å². The number of anilines is 1. The van der Waals surface area contributed by atoms with Gasteiger partial charge in [-0.1, -0.05) is 0 Å². The van der Waals surface area contributed by atoms with Crippen molar-refractivity contribution < 1.29 is 4.74 Å². The van der Waals surface area contributed by atoms with Crippen molar-refractivity contribution in [2.24, 2.45) is 7.05 Å². The van der Waals surface area contributed by atoms with E-state index in [9.17, 15) is 4.79 Å². The van der Waals surface area contributed by atoms with Crippen LogP contribution in [0.4, 0.5) is 5.69 Å². The number of aryl methyl sites for hydroxylation is 2. The fraction of sp³-hybridized carbons (Fsp3) is 0.391. The minimum absolute atomic E-state index is 0.0635. The number of aromatic nitrogens is 5. The van der Waals surface area contributed by atoms with Crippen molar-refractivity contribution in [1.82, 2.24) is 34.5 Å². The molecule has 3 aromatic heterocycles. The number of rotatable bonds is 6. The smallest absolute Gasteiger partial charge is 0.330 e. The number of pyridine rings is 1. The van der Waals surface area contributed by atoms with E-state index in [0.29, 0.717) is 24.3 Å². The number of ether oxygens (including phenoxy) is 1. The fourth-order valence-electron chi connectivity index (χ4n) is 4.51. The maximum Gasteiger partial charge on any atom is 0.330 e. The third-order valence-corrected chi connectivity index (χ3v) is 6.60. The normalized spacial score (nSPS) is 15.4. The topological polar surface area (TPSA) is 116 Å². The Balaban J connectivity index is 1.17. The van der Waals surface area contributed by atoms with Gasteiger partial charge in [0, 0.05) is 50.0 Å². The first kappa shape index (κ1) is 22.6. The quantitative estimate of drug-likeness (QED) is 0.244. The molecule has 34 heavy (non-hydrogen) atoms. The minimum Gasteiger partial charge on any atom is -0.491 e. The molecular formula is C23H27ClN8O2. The molecule has 1 aliphatic rings. The molecule has 0 bridgehead atoms. The van der Waals surface area contributed by atoms with Crippen LogP contribution in [0, 0.1) is 6.92 Å². The standard InChI is InChI=1S/C23H27ClN8O2/c1-14-11-18-16(12-17(14)25)20(3-6-26-18)34-10-7-28-31-8-4-15(5-9-31)32-21-19(30(2)23(32)33)13-27-22(24)29-21/h3,6,11-13,15,28H,4-5,7-10,25H2,1-2H3. The first-order valence-electron chi connectivity index (χ1n) is 11.3. The number of hydrogen-bond acceptors (Lipinski definition) is 8. The van der Waals surface area contributed by atoms with E-state index in [1.54, 1.807) is 28.6 Å². The molecule has 1 saturated heterocycles. The predicted molar refractivity (Wildman–Crippen MR) is 132 cm³/mol. The average molecular weight is 483 g/mol. The molecule has 0 aliphatic carbocycles. The highest BCUT2D eigenvalue weighted by molar-refractivity contribution is 6.28. The zero-order valence-electron chi connectivity index (χ0n) is 19.2. The number of benzene rings is 1. The van der Waals surface area contributed by atoms with Crippen molar-refractivity contribution in [3.05, 3.63) is 51.9 Å². The first-order valence-corrected chi connectivity index (χ1v) is 11.7. The van der Waals surface area contributed by atoms with Gasteiger partial charge in [0.1, 0.15) is 17.9 Å². The Labute approximate surface area is 201 Å². The molecule has 1 aromatic carbocycles. The summed E-state index contributed by atoms with van der Waals surface area (Å²) in [6.45, 7) is 4.75. The van der Waals surface area contributed by atoms with E-state index in [0.717, 1.165) is 53.8 Å². The van der Waals surface area contributed by atoms with E-state index in [1.807, 2.05) is 25.1 Å². The molecule has 10 nitrogen and oxygen atoms in total. The van der Waals surface area contributed by atoms with Crippen molar-refractivity contribution in [3.63, 3.8) is 0 Å². The lowest BCUT2D eigenvalue weighted by atomic mass is 10.1. The number of nitrogens with zero attached hydrogens (tertiary/aromatic N) is 6. The minimum atomic E-state index is -0.0909. The largest absolute Gasteiger partial charge is 0.491 e. The third kappa shape index (κ3) is 4.20. The summed E-state index contributed by atoms with van der Waals surface area (Å²) in [5.74, 6) is 0.771. The lowest BCUT2D eigenvalue weighted by Crippen LogP contribution is -2.46. The van der Waals surface area contributed by atoms with E-state index >= 15 is 0 Å². The number of halogens is 1. The summed E-state index contributed by atoms with van der Waals surface area (Å²) in [6, 6.07) is 5.81. The molecule has 178 valence electrons. The molecule has 4 heterocycles. The van der Waals surface area contributed by atoms with Gasteiger partial charge in [-0.25, -0.2) is 14.8 Å². The highest BCUT2D eigenvalue weighted by Crippen LogP contribution is 2.28. The number of nitrogen functional groups attached to an aromatic ring is 1. The average Bonchev–Trinajstić information content (AvgIpc) is 3.07. The SMILES string of the molecule is Cc1cc2nccc(OCCNN3CCC(n4c(=O)n(C)c5cnc(Cl)nc54)CC3)c2cc1N. The van der Waals surface area contributed by atoms with Crippen LogP contribution in [0.15, 0.2) is 35.4 Å². The zero-order chi connectivity index (χ0) is 23.8. The van der Waals surface area contributed by atoms with E-state index in [-0.39, 0.29) is 17.0 Å². The Kier molecular flexibility index (Phi) is 6.11. The molecule has 0 atom stereocenters. The molecule has 5 rings (SSSR count). The van der Waals surface area contributed by atoms with Crippen LogP contribution in [0.3, 0.4) is 0 Å². The van der Waals surface area contributed by atoms with E-state index in [1.165, 1.54) is 0 Å².